The van der Waals surface area contributed by atoms with Gasteiger partial charge in [0.2, 0.25) is 0 Å². The molecule has 0 fully saturated rings. The van der Waals surface area contributed by atoms with Crippen molar-refractivity contribution in [3.63, 3.8) is 0 Å². The molecule has 0 amide bonds. The zero-order chi connectivity index (χ0) is 15.6. The monoisotopic (exact) mass is 299 g/mol. The fourth-order valence-corrected chi connectivity index (χ4v) is 2.02. The van der Waals surface area contributed by atoms with E-state index in [1.54, 1.807) is 13.2 Å². The van der Waals surface area contributed by atoms with E-state index in [9.17, 15) is 18.3 Å². The van der Waals surface area contributed by atoms with Crippen LogP contribution in [0.4, 0.5) is 13.2 Å². The Labute approximate surface area is 120 Å². The van der Waals surface area contributed by atoms with Gasteiger partial charge in [-0.1, -0.05) is 6.07 Å². The second-order valence-electron chi connectivity index (χ2n) is 5.03. The minimum Gasteiger partial charge on any atom is -0.508 e. The highest BCUT2D eigenvalue weighted by Gasteiger charge is 2.31. The number of nitrogens with zero attached hydrogens (tertiary/aromatic N) is 2. The number of rotatable bonds is 4. The molecular weight excluding hydrogens is 283 g/mol. The van der Waals surface area contributed by atoms with Crippen LogP contribution in [0.2, 0.25) is 0 Å². The van der Waals surface area contributed by atoms with Crippen molar-refractivity contribution in [1.29, 1.82) is 0 Å². The quantitative estimate of drug-likeness (QED) is 0.912. The highest BCUT2D eigenvalue weighted by atomic mass is 19.4. The van der Waals surface area contributed by atoms with Crippen LogP contribution >= 0.6 is 0 Å². The third-order valence-electron chi connectivity index (χ3n) is 3.03. The maximum absolute atomic E-state index is 12.5. The van der Waals surface area contributed by atoms with Gasteiger partial charge in [0.15, 0.2) is 0 Å². The fraction of sp³-hybridized carbons (Fsp3) is 0.357. The Morgan fingerprint density at radius 1 is 1.29 bits per heavy atom. The molecule has 0 unspecified atom stereocenters. The lowest BCUT2D eigenvalue weighted by Crippen LogP contribution is -2.18. The van der Waals surface area contributed by atoms with E-state index in [2.05, 4.69) is 9.97 Å². The molecule has 2 aromatic rings. The highest BCUT2D eigenvalue weighted by Crippen LogP contribution is 2.32. The third-order valence-corrected chi connectivity index (χ3v) is 3.03. The standard InChI is InChI=1S/C14H16F3N3O/c1-9-6-18-13(19-9)8-20(2)7-10-3-4-11(5-12(10)21)14(15,16)17/h3-6,21H,7-8H2,1-2H3,(H,18,19). The Bertz CT molecular complexity index is 622. The molecule has 4 nitrogen and oxygen atoms in total. The SMILES string of the molecule is Cc1cnc(CN(C)Cc2ccc(C(F)(F)F)cc2O)[nH]1. The van der Waals surface area contributed by atoms with Gasteiger partial charge >= 0.3 is 6.18 Å². The van der Waals surface area contributed by atoms with Gasteiger partial charge in [-0.25, -0.2) is 4.98 Å². The topological polar surface area (TPSA) is 52.1 Å². The Kier molecular flexibility index (Phi) is 4.22. The maximum Gasteiger partial charge on any atom is 0.416 e. The lowest BCUT2D eigenvalue weighted by Gasteiger charge is -2.17. The van der Waals surface area contributed by atoms with E-state index >= 15 is 0 Å². The van der Waals surface area contributed by atoms with E-state index in [-0.39, 0.29) is 5.75 Å². The molecule has 0 aliphatic heterocycles. The number of benzene rings is 1. The predicted molar refractivity (Wildman–Crippen MR) is 71.6 cm³/mol. The first-order valence-corrected chi connectivity index (χ1v) is 6.34. The van der Waals surface area contributed by atoms with Crippen LogP contribution in [-0.4, -0.2) is 27.0 Å². The number of hydrogen-bond donors (Lipinski definition) is 2. The molecular formula is C14H16F3N3O. The lowest BCUT2D eigenvalue weighted by molar-refractivity contribution is -0.137. The molecule has 0 saturated carbocycles. The second-order valence-corrected chi connectivity index (χ2v) is 5.03. The molecule has 7 heteroatoms. The molecule has 0 atom stereocenters. The largest absolute Gasteiger partial charge is 0.508 e. The summed E-state index contributed by atoms with van der Waals surface area (Å²) in [6, 6.07) is 3.02. The Morgan fingerprint density at radius 3 is 2.52 bits per heavy atom. The van der Waals surface area contributed by atoms with Crippen LogP contribution in [0.15, 0.2) is 24.4 Å². The molecule has 0 aliphatic carbocycles. The molecule has 0 spiro atoms. The van der Waals surface area contributed by atoms with Crippen LogP contribution in [0.1, 0.15) is 22.6 Å². The average Bonchev–Trinajstić information content (AvgIpc) is 2.76. The fourth-order valence-electron chi connectivity index (χ4n) is 2.02. The second kappa shape index (κ2) is 5.77. The summed E-state index contributed by atoms with van der Waals surface area (Å²) in [5.41, 5.74) is 0.526. The van der Waals surface area contributed by atoms with Crippen molar-refractivity contribution in [2.24, 2.45) is 0 Å². The summed E-state index contributed by atoms with van der Waals surface area (Å²) in [7, 11) is 1.80. The molecule has 1 heterocycles. The van der Waals surface area contributed by atoms with E-state index in [0.29, 0.717) is 18.7 Å². The molecule has 0 radical (unpaired) electrons. The Balaban J connectivity index is 2.05. The van der Waals surface area contributed by atoms with Crippen molar-refractivity contribution in [2.45, 2.75) is 26.2 Å². The van der Waals surface area contributed by atoms with Crippen LogP contribution in [-0.2, 0) is 19.3 Å². The van der Waals surface area contributed by atoms with Crippen LogP contribution in [0, 0.1) is 6.92 Å². The number of hydrogen-bond acceptors (Lipinski definition) is 3. The molecule has 0 saturated heterocycles. The normalized spacial score (nSPS) is 12.1. The zero-order valence-electron chi connectivity index (χ0n) is 11.7. The van der Waals surface area contributed by atoms with Gasteiger partial charge in [0.1, 0.15) is 11.6 Å². The molecule has 2 rings (SSSR count). The van der Waals surface area contributed by atoms with Crippen molar-refractivity contribution in [1.82, 2.24) is 14.9 Å². The first-order chi connectivity index (χ1) is 9.75. The van der Waals surface area contributed by atoms with Crippen LogP contribution < -0.4 is 0 Å². The summed E-state index contributed by atoms with van der Waals surface area (Å²) in [6.07, 6.45) is -2.74. The summed E-state index contributed by atoms with van der Waals surface area (Å²) in [6.45, 7) is 2.72. The maximum atomic E-state index is 12.5. The smallest absolute Gasteiger partial charge is 0.416 e. The predicted octanol–water partition coefficient (Wildman–Crippen LogP) is 3.07. The number of halogens is 3. The third kappa shape index (κ3) is 3.98. The Morgan fingerprint density at radius 2 is 2.00 bits per heavy atom. The number of phenols is 1. The molecule has 21 heavy (non-hydrogen) atoms. The van der Waals surface area contributed by atoms with Crippen molar-refractivity contribution in [2.75, 3.05) is 7.05 Å². The number of aryl methyl sites for hydroxylation is 1. The first-order valence-electron chi connectivity index (χ1n) is 6.34. The zero-order valence-corrected chi connectivity index (χ0v) is 11.7. The molecule has 0 aliphatic rings. The number of nitrogens with one attached hydrogen (secondary N) is 1. The summed E-state index contributed by atoms with van der Waals surface area (Å²) in [5, 5.41) is 9.72. The summed E-state index contributed by atoms with van der Waals surface area (Å²) < 4.78 is 37.6. The lowest BCUT2D eigenvalue weighted by atomic mass is 10.1. The number of aromatic hydroxyl groups is 1. The number of aromatic amines is 1. The summed E-state index contributed by atoms with van der Waals surface area (Å²) in [5.74, 6) is 0.411. The number of phenolic OH excluding ortho intramolecular Hbond substituents is 1. The van der Waals surface area contributed by atoms with Crippen molar-refractivity contribution in [3.8, 4) is 5.75 Å². The van der Waals surface area contributed by atoms with Gasteiger partial charge in [-0.05, 0) is 26.1 Å². The number of imidazole rings is 1. The molecule has 1 aromatic carbocycles. The van der Waals surface area contributed by atoms with E-state index in [0.717, 1.165) is 23.7 Å². The summed E-state index contributed by atoms with van der Waals surface area (Å²) >= 11 is 0. The Hall–Kier alpha value is -2.02. The average molecular weight is 299 g/mol. The molecule has 1 aromatic heterocycles. The van der Waals surface area contributed by atoms with Crippen molar-refractivity contribution >= 4 is 0 Å². The van der Waals surface area contributed by atoms with Gasteiger partial charge < -0.3 is 10.1 Å². The number of H-pyrrole nitrogens is 1. The van der Waals surface area contributed by atoms with Gasteiger partial charge in [0, 0.05) is 24.0 Å². The number of alkyl halides is 3. The van der Waals surface area contributed by atoms with Crippen LogP contribution in [0.5, 0.6) is 5.75 Å². The molecule has 2 N–H and O–H groups in total. The number of aromatic nitrogens is 2. The van der Waals surface area contributed by atoms with Crippen molar-refractivity contribution in [3.05, 3.63) is 47.0 Å². The van der Waals surface area contributed by atoms with Gasteiger partial charge in [-0.15, -0.1) is 0 Å². The van der Waals surface area contributed by atoms with E-state index < -0.39 is 11.7 Å². The van der Waals surface area contributed by atoms with Crippen LogP contribution in [0.3, 0.4) is 0 Å². The summed E-state index contributed by atoms with van der Waals surface area (Å²) in [4.78, 5) is 9.08. The van der Waals surface area contributed by atoms with Gasteiger partial charge in [0.05, 0.1) is 12.1 Å². The van der Waals surface area contributed by atoms with E-state index in [1.165, 1.54) is 6.07 Å². The van der Waals surface area contributed by atoms with Gasteiger partial charge in [-0.2, -0.15) is 13.2 Å². The first kappa shape index (κ1) is 15.4. The minimum absolute atomic E-state index is 0.323. The molecule has 114 valence electrons. The molecule has 0 bridgehead atoms. The van der Waals surface area contributed by atoms with Gasteiger partial charge in [0.25, 0.3) is 0 Å². The van der Waals surface area contributed by atoms with E-state index in [4.69, 9.17) is 0 Å². The minimum atomic E-state index is -4.45. The highest BCUT2D eigenvalue weighted by molar-refractivity contribution is 5.37. The van der Waals surface area contributed by atoms with E-state index in [1.807, 2.05) is 11.8 Å². The van der Waals surface area contributed by atoms with Crippen LogP contribution in [0.25, 0.3) is 0 Å². The van der Waals surface area contributed by atoms with Crippen molar-refractivity contribution < 1.29 is 18.3 Å². The van der Waals surface area contributed by atoms with Gasteiger partial charge in [-0.3, -0.25) is 4.90 Å².